The zero-order valence-corrected chi connectivity index (χ0v) is 16.4. The van der Waals surface area contributed by atoms with E-state index >= 15 is 0 Å². The smallest absolute Gasteiger partial charge is 0.191 e. The van der Waals surface area contributed by atoms with Crippen LogP contribution in [-0.2, 0) is 22.4 Å². The van der Waals surface area contributed by atoms with Gasteiger partial charge in [-0.2, -0.15) is 0 Å². The minimum absolute atomic E-state index is 0.257. The van der Waals surface area contributed by atoms with Gasteiger partial charge in [0.25, 0.3) is 0 Å². The first kappa shape index (κ1) is 20.0. The van der Waals surface area contributed by atoms with Crippen molar-refractivity contribution >= 4 is 5.96 Å². The average molecular weight is 380 g/mol. The summed E-state index contributed by atoms with van der Waals surface area (Å²) in [7, 11) is 0. The molecule has 1 aromatic heterocycles. The van der Waals surface area contributed by atoms with E-state index in [2.05, 4.69) is 37.2 Å². The SMILES string of the molecule is CCc1nncn1CCNC(=NCC1CCCO1)NCCN1CCOCC1. The van der Waals surface area contributed by atoms with Gasteiger partial charge < -0.3 is 24.7 Å². The van der Waals surface area contributed by atoms with Gasteiger partial charge in [0.1, 0.15) is 12.2 Å². The van der Waals surface area contributed by atoms with Crippen molar-refractivity contribution in [2.75, 3.05) is 59.1 Å². The van der Waals surface area contributed by atoms with E-state index in [9.17, 15) is 0 Å². The third-order valence-corrected chi connectivity index (χ3v) is 4.96. The monoisotopic (exact) mass is 379 g/mol. The Bertz CT molecular complexity index is 566. The van der Waals surface area contributed by atoms with Gasteiger partial charge in [-0.15, -0.1) is 10.2 Å². The van der Waals surface area contributed by atoms with Crippen LogP contribution in [0.15, 0.2) is 11.3 Å². The maximum absolute atomic E-state index is 5.69. The molecule has 2 aliphatic rings. The molecule has 27 heavy (non-hydrogen) atoms. The van der Waals surface area contributed by atoms with Crippen molar-refractivity contribution in [2.45, 2.75) is 38.8 Å². The second-order valence-corrected chi connectivity index (χ2v) is 6.93. The van der Waals surface area contributed by atoms with Gasteiger partial charge in [-0.1, -0.05) is 6.92 Å². The topological polar surface area (TPSA) is 88.8 Å². The molecule has 1 unspecified atom stereocenters. The van der Waals surface area contributed by atoms with Crippen molar-refractivity contribution in [3.8, 4) is 0 Å². The van der Waals surface area contributed by atoms with Crippen LogP contribution in [0, 0.1) is 0 Å². The molecule has 1 atom stereocenters. The number of hydrogen-bond acceptors (Lipinski definition) is 6. The van der Waals surface area contributed by atoms with E-state index in [0.29, 0.717) is 6.54 Å². The number of aliphatic imine (C=N–C) groups is 1. The lowest BCUT2D eigenvalue weighted by Gasteiger charge is -2.26. The van der Waals surface area contributed by atoms with E-state index in [-0.39, 0.29) is 6.10 Å². The number of hydrogen-bond donors (Lipinski definition) is 2. The maximum Gasteiger partial charge on any atom is 0.191 e. The summed E-state index contributed by atoms with van der Waals surface area (Å²) in [6.45, 7) is 10.8. The second kappa shape index (κ2) is 11.2. The molecule has 0 spiro atoms. The highest BCUT2D eigenvalue weighted by molar-refractivity contribution is 5.79. The normalized spacial score (nSPS) is 21.5. The molecular formula is C18H33N7O2. The molecule has 2 saturated heterocycles. The number of rotatable bonds is 9. The number of guanidine groups is 1. The molecule has 3 heterocycles. The molecule has 152 valence electrons. The van der Waals surface area contributed by atoms with Gasteiger partial charge in [-0.25, -0.2) is 0 Å². The molecule has 0 radical (unpaired) electrons. The molecule has 2 aliphatic heterocycles. The molecule has 0 saturated carbocycles. The zero-order valence-electron chi connectivity index (χ0n) is 16.4. The Morgan fingerprint density at radius 2 is 2.04 bits per heavy atom. The molecule has 0 aromatic carbocycles. The predicted octanol–water partition coefficient (Wildman–Crippen LogP) is -0.113. The lowest BCUT2D eigenvalue weighted by Crippen LogP contribution is -2.45. The molecule has 3 rings (SSSR count). The van der Waals surface area contributed by atoms with Crippen molar-refractivity contribution in [1.82, 2.24) is 30.3 Å². The lowest BCUT2D eigenvalue weighted by atomic mass is 10.2. The Morgan fingerprint density at radius 3 is 2.78 bits per heavy atom. The molecule has 0 aliphatic carbocycles. The average Bonchev–Trinajstić information content (AvgIpc) is 3.38. The van der Waals surface area contributed by atoms with Crippen molar-refractivity contribution in [3.05, 3.63) is 12.2 Å². The summed E-state index contributed by atoms with van der Waals surface area (Å²) in [5.41, 5.74) is 0. The van der Waals surface area contributed by atoms with Crippen LogP contribution in [0.4, 0.5) is 0 Å². The van der Waals surface area contributed by atoms with Crippen LogP contribution < -0.4 is 10.6 Å². The Balaban J connectivity index is 1.44. The van der Waals surface area contributed by atoms with Crippen molar-refractivity contribution in [3.63, 3.8) is 0 Å². The summed E-state index contributed by atoms with van der Waals surface area (Å²) in [6.07, 6.45) is 5.17. The summed E-state index contributed by atoms with van der Waals surface area (Å²) in [5, 5.41) is 15.0. The molecule has 9 nitrogen and oxygen atoms in total. The van der Waals surface area contributed by atoms with Crippen molar-refractivity contribution in [2.24, 2.45) is 4.99 Å². The van der Waals surface area contributed by atoms with Gasteiger partial charge in [0.05, 0.1) is 25.9 Å². The van der Waals surface area contributed by atoms with Gasteiger partial charge in [0, 0.05) is 52.3 Å². The third-order valence-electron chi connectivity index (χ3n) is 4.96. The molecule has 1 aromatic rings. The van der Waals surface area contributed by atoms with E-state index in [1.165, 1.54) is 0 Å². The lowest BCUT2D eigenvalue weighted by molar-refractivity contribution is 0.0389. The molecule has 0 bridgehead atoms. The van der Waals surface area contributed by atoms with Crippen LogP contribution in [0.25, 0.3) is 0 Å². The van der Waals surface area contributed by atoms with Gasteiger partial charge in [-0.3, -0.25) is 9.89 Å². The Labute approximate surface area is 161 Å². The number of nitrogens with zero attached hydrogens (tertiary/aromatic N) is 5. The number of aryl methyl sites for hydroxylation is 1. The van der Waals surface area contributed by atoms with Crippen molar-refractivity contribution < 1.29 is 9.47 Å². The number of nitrogens with one attached hydrogen (secondary N) is 2. The Morgan fingerprint density at radius 1 is 1.22 bits per heavy atom. The van der Waals surface area contributed by atoms with Gasteiger partial charge >= 0.3 is 0 Å². The number of aromatic nitrogens is 3. The van der Waals surface area contributed by atoms with E-state index in [4.69, 9.17) is 14.5 Å². The number of morpholine rings is 1. The highest BCUT2D eigenvalue weighted by Gasteiger charge is 2.15. The fourth-order valence-electron chi connectivity index (χ4n) is 3.35. The quantitative estimate of drug-likeness (QED) is 0.457. The zero-order chi connectivity index (χ0) is 18.7. The van der Waals surface area contributed by atoms with E-state index < -0.39 is 0 Å². The van der Waals surface area contributed by atoms with Crippen LogP contribution >= 0.6 is 0 Å². The summed E-state index contributed by atoms with van der Waals surface area (Å²) >= 11 is 0. The predicted molar refractivity (Wildman–Crippen MR) is 104 cm³/mol. The summed E-state index contributed by atoms with van der Waals surface area (Å²) in [6, 6.07) is 0. The summed E-state index contributed by atoms with van der Waals surface area (Å²) < 4.78 is 13.2. The van der Waals surface area contributed by atoms with Crippen LogP contribution in [0.2, 0.25) is 0 Å². The minimum Gasteiger partial charge on any atom is -0.379 e. The molecule has 2 N–H and O–H groups in total. The van der Waals surface area contributed by atoms with Gasteiger partial charge in [0.15, 0.2) is 5.96 Å². The fourth-order valence-corrected chi connectivity index (χ4v) is 3.35. The van der Waals surface area contributed by atoms with Gasteiger partial charge in [0.2, 0.25) is 0 Å². The summed E-state index contributed by atoms with van der Waals surface area (Å²) in [5.74, 6) is 1.86. The van der Waals surface area contributed by atoms with E-state index in [0.717, 1.165) is 90.1 Å². The minimum atomic E-state index is 0.257. The highest BCUT2D eigenvalue weighted by atomic mass is 16.5. The van der Waals surface area contributed by atoms with E-state index in [1.807, 2.05) is 0 Å². The Kier molecular flexibility index (Phi) is 8.32. The standard InChI is InChI=1S/C18H33N7O2/c1-2-17-23-22-15-25(17)8-6-20-18(21-14-16-4-3-11-27-16)19-5-7-24-9-12-26-13-10-24/h15-16H,2-14H2,1H3,(H2,19,20,21). The number of ether oxygens (including phenoxy) is 2. The first-order valence-electron chi connectivity index (χ1n) is 10.2. The molecular weight excluding hydrogens is 346 g/mol. The summed E-state index contributed by atoms with van der Waals surface area (Å²) in [4.78, 5) is 7.15. The maximum atomic E-state index is 5.69. The first-order valence-corrected chi connectivity index (χ1v) is 10.2. The fraction of sp³-hybridized carbons (Fsp3) is 0.833. The molecule has 2 fully saturated rings. The van der Waals surface area contributed by atoms with Crippen molar-refractivity contribution in [1.29, 1.82) is 0 Å². The van der Waals surface area contributed by atoms with Gasteiger partial charge in [-0.05, 0) is 12.8 Å². The van der Waals surface area contributed by atoms with E-state index in [1.54, 1.807) is 6.33 Å². The highest BCUT2D eigenvalue weighted by Crippen LogP contribution is 2.11. The third kappa shape index (κ3) is 6.75. The molecule has 9 heteroatoms. The van der Waals surface area contributed by atoms with Crippen LogP contribution in [0.3, 0.4) is 0 Å². The Hall–Kier alpha value is -1.71. The van der Waals surface area contributed by atoms with Crippen LogP contribution in [0.5, 0.6) is 0 Å². The first-order chi connectivity index (χ1) is 13.3. The second-order valence-electron chi connectivity index (χ2n) is 6.93. The largest absolute Gasteiger partial charge is 0.379 e. The van der Waals surface area contributed by atoms with Crippen LogP contribution in [-0.4, -0.2) is 90.8 Å². The van der Waals surface area contributed by atoms with Crippen LogP contribution in [0.1, 0.15) is 25.6 Å². The molecule has 0 amide bonds.